The summed E-state index contributed by atoms with van der Waals surface area (Å²) in [5, 5.41) is 3.56. The fraction of sp³-hybridized carbons (Fsp3) is 0.625. The van der Waals surface area contributed by atoms with Crippen LogP contribution in [0.5, 0.6) is 5.75 Å². The Labute approximate surface area is 111 Å². The Bertz CT molecular complexity index is 373. The normalized spacial score (nSPS) is 18.8. The molecule has 1 heterocycles. The molecule has 0 aromatic heterocycles. The average Bonchev–Trinajstić information content (AvgIpc) is 2.70. The van der Waals surface area contributed by atoms with E-state index in [1.165, 1.54) is 5.56 Å². The topological polar surface area (TPSA) is 21.3 Å². The van der Waals surface area contributed by atoms with Crippen LogP contribution in [0.4, 0.5) is 0 Å². The summed E-state index contributed by atoms with van der Waals surface area (Å²) in [6.45, 7) is 11.2. The van der Waals surface area contributed by atoms with Crippen LogP contribution in [0.25, 0.3) is 0 Å². The van der Waals surface area contributed by atoms with Gasteiger partial charge in [-0.2, -0.15) is 0 Å². The van der Waals surface area contributed by atoms with E-state index in [4.69, 9.17) is 4.74 Å². The highest BCUT2D eigenvalue weighted by Gasteiger charge is 2.25. The van der Waals surface area contributed by atoms with E-state index in [-0.39, 0.29) is 0 Å². The van der Waals surface area contributed by atoms with Crippen molar-refractivity contribution in [1.29, 1.82) is 0 Å². The monoisotopic (exact) mass is 247 g/mol. The second-order valence-corrected chi connectivity index (χ2v) is 6.33. The average molecular weight is 247 g/mol. The molecule has 0 radical (unpaired) electrons. The third kappa shape index (κ3) is 3.05. The second-order valence-electron chi connectivity index (χ2n) is 6.33. The number of rotatable bonds is 5. The fourth-order valence-corrected chi connectivity index (χ4v) is 2.13. The van der Waals surface area contributed by atoms with Gasteiger partial charge in [0.2, 0.25) is 0 Å². The van der Waals surface area contributed by atoms with Crippen LogP contribution in [0.1, 0.15) is 33.3 Å². The molecule has 1 N–H and O–H groups in total. The first-order valence-corrected chi connectivity index (χ1v) is 6.94. The summed E-state index contributed by atoms with van der Waals surface area (Å²) < 4.78 is 5.92. The Hall–Kier alpha value is -1.02. The minimum atomic E-state index is 0.297. The van der Waals surface area contributed by atoms with Gasteiger partial charge in [0, 0.05) is 19.5 Å². The van der Waals surface area contributed by atoms with E-state index in [1.54, 1.807) is 0 Å². The standard InChI is InChI=1S/C16H25NO/c1-12(2)16(3,4)11-17-10-14-9-13-7-5-6-8-15(13)18-14/h5-8,12,14,17H,9-11H2,1-4H3. The highest BCUT2D eigenvalue weighted by Crippen LogP contribution is 2.28. The first-order valence-electron chi connectivity index (χ1n) is 6.94. The predicted octanol–water partition coefficient (Wildman–Crippen LogP) is 3.26. The first-order chi connectivity index (χ1) is 8.49. The molecule has 18 heavy (non-hydrogen) atoms. The van der Waals surface area contributed by atoms with Crippen LogP contribution < -0.4 is 10.1 Å². The van der Waals surface area contributed by atoms with Gasteiger partial charge in [0.1, 0.15) is 11.9 Å². The molecule has 0 amide bonds. The summed E-state index contributed by atoms with van der Waals surface area (Å²) in [6.07, 6.45) is 1.33. The molecule has 1 aliphatic rings. The fourth-order valence-electron chi connectivity index (χ4n) is 2.13. The van der Waals surface area contributed by atoms with Gasteiger partial charge in [-0.15, -0.1) is 0 Å². The molecule has 0 aliphatic carbocycles. The van der Waals surface area contributed by atoms with Crippen LogP contribution in [-0.4, -0.2) is 19.2 Å². The van der Waals surface area contributed by atoms with Gasteiger partial charge < -0.3 is 10.1 Å². The summed E-state index contributed by atoms with van der Waals surface area (Å²) in [6, 6.07) is 8.34. The summed E-state index contributed by atoms with van der Waals surface area (Å²) in [5.41, 5.74) is 1.68. The molecule has 1 aromatic rings. The molecule has 0 spiro atoms. The molecule has 0 saturated carbocycles. The highest BCUT2D eigenvalue weighted by atomic mass is 16.5. The summed E-state index contributed by atoms with van der Waals surface area (Å²) in [4.78, 5) is 0. The zero-order chi connectivity index (χ0) is 13.2. The van der Waals surface area contributed by atoms with Gasteiger partial charge in [-0.1, -0.05) is 45.9 Å². The number of ether oxygens (including phenoxy) is 1. The summed E-state index contributed by atoms with van der Waals surface area (Å²) in [7, 11) is 0. The van der Waals surface area contributed by atoms with Gasteiger partial charge in [-0.05, 0) is 23.0 Å². The van der Waals surface area contributed by atoms with Crippen LogP contribution >= 0.6 is 0 Å². The molecule has 1 atom stereocenters. The Kier molecular flexibility index (Phi) is 3.96. The molecule has 0 fully saturated rings. The lowest BCUT2D eigenvalue weighted by Gasteiger charge is -2.30. The minimum Gasteiger partial charge on any atom is -0.488 e. The van der Waals surface area contributed by atoms with E-state index in [2.05, 4.69) is 51.2 Å². The number of hydrogen-bond donors (Lipinski definition) is 1. The van der Waals surface area contributed by atoms with Crippen LogP contribution in [0.3, 0.4) is 0 Å². The van der Waals surface area contributed by atoms with Crippen molar-refractivity contribution in [2.24, 2.45) is 11.3 Å². The molecule has 1 aromatic carbocycles. The van der Waals surface area contributed by atoms with Crippen molar-refractivity contribution in [2.45, 2.75) is 40.2 Å². The van der Waals surface area contributed by atoms with Crippen molar-refractivity contribution < 1.29 is 4.74 Å². The zero-order valence-corrected chi connectivity index (χ0v) is 12.0. The molecule has 1 unspecified atom stereocenters. The number of benzene rings is 1. The Morgan fingerprint density at radius 3 is 2.72 bits per heavy atom. The zero-order valence-electron chi connectivity index (χ0n) is 12.0. The van der Waals surface area contributed by atoms with E-state index in [1.807, 2.05) is 6.07 Å². The van der Waals surface area contributed by atoms with Crippen molar-refractivity contribution in [2.75, 3.05) is 13.1 Å². The van der Waals surface area contributed by atoms with Crippen molar-refractivity contribution in [1.82, 2.24) is 5.32 Å². The largest absolute Gasteiger partial charge is 0.488 e. The Morgan fingerprint density at radius 1 is 1.33 bits per heavy atom. The van der Waals surface area contributed by atoms with E-state index < -0.39 is 0 Å². The number of hydrogen-bond acceptors (Lipinski definition) is 2. The summed E-state index contributed by atoms with van der Waals surface area (Å²) in [5.74, 6) is 1.75. The van der Waals surface area contributed by atoms with Crippen molar-refractivity contribution >= 4 is 0 Å². The van der Waals surface area contributed by atoms with Gasteiger partial charge in [-0.25, -0.2) is 0 Å². The third-order valence-corrected chi connectivity index (χ3v) is 4.23. The number of nitrogens with one attached hydrogen (secondary N) is 1. The van der Waals surface area contributed by atoms with Crippen molar-refractivity contribution in [3.63, 3.8) is 0 Å². The van der Waals surface area contributed by atoms with Gasteiger partial charge in [0.15, 0.2) is 0 Å². The lowest BCUT2D eigenvalue weighted by Crippen LogP contribution is -2.38. The smallest absolute Gasteiger partial charge is 0.123 e. The molecular formula is C16H25NO. The first kappa shape index (κ1) is 13.4. The Balaban J connectivity index is 1.78. The third-order valence-electron chi connectivity index (χ3n) is 4.23. The van der Waals surface area contributed by atoms with Crippen molar-refractivity contribution in [3.8, 4) is 5.75 Å². The minimum absolute atomic E-state index is 0.297. The highest BCUT2D eigenvalue weighted by molar-refractivity contribution is 5.37. The number of para-hydroxylation sites is 1. The molecule has 2 nitrogen and oxygen atoms in total. The van der Waals surface area contributed by atoms with E-state index >= 15 is 0 Å². The molecule has 2 rings (SSSR count). The van der Waals surface area contributed by atoms with Gasteiger partial charge in [-0.3, -0.25) is 0 Å². The van der Waals surface area contributed by atoms with Crippen LogP contribution in [0, 0.1) is 11.3 Å². The van der Waals surface area contributed by atoms with Crippen LogP contribution in [0.15, 0.2) is 24.3 Å². The predicted molar refractivity (Wildman–Crippen MR) is 76.1 cm³/mol. The number of fused-ring (bicyclic) bond motifs is 1. The van der Waals surface area contributed by atoms with Gasteiger partial charge >= 0.3 is 0 Å². The van der Waals surface area contributed by atoms with Crippen LogP contribution in [-0.2, 0) is 6.42 Å². The maximum atomic E-state index is 5.92. The van der Waals surface area contributed by atoms with E-state index in [0.29, 0.717) is 17.4 Å². The molecule has 1 aliphatic heterocycles. The van der Waals surface area contributed by atoms with Crippen LogP contribution in [0.2, 0.25) is 0 Å². The molecule has 2 heteroatoms. The lowest BCUT2D eigenvalue weighted by atomic mass is 9.81. The van der Waals surface area contributed by atoms with E-state index in [9.17, 15) is 0 Å². The maximum Gasteiger partial charge on any atom is 0.123 e. The Morgan fingerprint density at radius 2 is 2.06 bits per heavy atom. The van der Waals surface area contributed by atoms with E-state index in [0.717, 1.165) is 25.3 Å². The maximum absolute atomic E-state index is 5.92. The quantitative estimate of drug-likeness (QED) is 0.862. The van der Waals surface area contributed by atoms with Gasteiger partial charge in [0.25, 0.3) is 0 Å². The second kappa shape index (κ2) is 5.31. The molecule has 0 saturated heterocycles. The lowest BCUT2D eigenvalue weighted by molar-refractivity contribution is 0.197. The SMILES string of the molecule is CC(C)C(C)(C)CNCC1Cc2ccccc2O1. The van der Waals surface area contributed by atoms with Crippen molar-refractivity contribution in [3.05, 3.63) is 29.8 Å². The summed E-state index contributed by atoms with van der Waals surface area (Å²) >= 11 is 0. The van der Waals surface area contributed by atoms with Gasteiger partial charge in [0.05, 0.1) is 0 Å². The molecule has 0 bridgehead atoms. The molecule has 100 valence electrons. The molecular weight excluding hydrogens is 222 g/mol.